The maximum atomic E-state index is 11.8. The minimum Gasteiger partial charge on any atom is -0.384 e. The van der Waals surface area contributed by atoms with E-state index in [0.717, 1.165) is 0 Å². The third-order valence-electron chi connectivity index (χ3n) is 2.29. The second kappa shape index (κ2) is 9.08. The van der Waals surface area contributed by atoms with Gasteiger partial charge in [0.1, 0.15) is 12.3 Å². The number of hydrogen-bond acceptors (Lipinski definition) is 4. The molecule has 108 valence electrons. The van der Waals surface area contributed by atoms with Crippen molar-refractivity contribution in [3.63, 3.8) is 0 Å². The summed E-state index contributed by atoms with van der Waals surface area (Å²) < 4.78 is 5.37. The number of aliphatic hydroxyl groups is 1. The number of amides is 1. The van der Waals surface area contributed by atoms with Gasteiger partial charge in [-0.15, -0.1) is 0 Å². The summed E-state index contributed by atoms with van der Waals surface area (Å²) in [6, 6.07) is 3.30. The van der Waals surface area contributed by atoms with Gasteiger partial charge in [-0.1, -0.05) is 25.7 Å². The van der Waals surface area contributed by atoms with Crippen molar-refractivity contribution < 1.29 is 14.6 Å². The molecule has 1 amide bonds. The summed E-state index contributed by atoms with van der Waals surface area (Å²) in [5.74, 6) is 5.49. The Morgan fingerprint density at radius 2 is 2.30 bits per heavy atom. The van der Waals surface area contributed by atoms with Gasteiger partial charge in [-0.05, 0) is 18.1 Å². The first kappa shape index (κ1) is 16.2. The van der Waals surface area contributed by atoms with E-state index < -0.39 is 0 Å². The molecule has 0 unspecified atom stereocenters. The number of nitrogens with zero attached hydrogens (tertiary/aromatic N) is 1. The molecule has 1 heterocycles. The number of aromatic nitrogens is 1. The van der Waals surface area contributed by atoms with E-state index >= 15 is 0 Å². The van der Waals surface area contributed by atoms with Crippen LogP contribution < -0.4 is 5.32 Å². The lowest BCUT2D eigenvalue weighted by atomic mass is 10.2. The molecule has 5 nitrogen and oxygen atoms in total. The number of carbonyl (C=O) groups excluding carboxylic acids is 1. The Balaban J connectivity index is 2.36. The SMILES string of the molecule is CC(C)COCCNC(=O)c1ccc(C#CCO)cn1. The molecule has 0 aliphatic heterocycles. The van der Waals surface area contributed by atoms with Crippen LogP contribution >= 0.6 is 0 Å². The first-order chi connectivity index (χ1) is 9.63. The Morgan fingerprint density at radius 1 is 1.50 bits per heavy atom. The normalized spacial score (nSPS) is 10.0. The number of rotatable bonds is 6. The fourth-order valence-electron chi connectivity index (χ4n) is 1.39. The molecule has 1 rings (SSSR count). The van der Waals surface area contributed by atoms with E-state index in [1.54, 1.807) is 12.1 Å². The van der Waals surface area contributed by atoms with Crippen LogP contribution in [0.5, 0.6) is 0 Å². The molecule has 0 fully saturated rings. The minimum absolute atomic E-state index is 0.196. The van der Waals surface area contributed by atoms with Gasteiger partial charge in [-0.3, -0.25) is 4.79 Å². The molecule has 20 heavy (non-hydrogen) atoms. The third-order valence-corrected chi connectivity index (χ3v) is 2.29. The molecule has 1 aromatic rings. The van der Waals surface area contributed by atoms with Gasteiger partial charge in [0, 0.05) is 24.9 Å². The lowest BCUT2D eigenvalue weighted by Gasteiger charge is -2.07. The number of ether oxygens (including phenoxy) is 1. The topological polar surface area (TPSA) is 71.5 Å². The molecule has 0 aliphatic rings. The molecule has 0 saturated carbocycles. The maximum absolute atomic E-state index is 11.8. The average molecular weight is 276 g/mol. The van der Waals surface area contributed by atoms with E-state index in [9.17, 15) is 4.79 Å². The smallest absolute Gasteiger partial charge is 0.269 e. The summed E-state index contributed by atoms with van der Waals surface area (Å²) in [5, 5.41) is 11.3. The quantitative estimate of drug-likeness (QED) is 0.596. The van der Waals surface area contributed by atoms with Gasteiger partial charge >= 0.3 is 0 Å². The van der Waals surface area contributed by atoms with Crippen molar-refractivity contribution >= 4 is 5.91 Å². The highest BCUT2D eigenvalue weighted by Crippen LogP contribution is 1.99. The molecular weight excluding hydrogens is 256 g/mol. The molecule has 1 aromatic heterocycles. The molecule has 0 atom stereocenters. The predicted molar refractivity (Wildman–Crippen MR) is 76.2 cm³/mol. The van der Waals surface area contributed by atoms with E-state index in [1.807, 2.05) is 0 Å². The Morgan fingerprint density at radius 3 is 2.90 bits per heavy atom. The van der Waals surface area contributed by atoms with E-state index in [0.29, 0.717) is 36.9 Å². The van der Waals surface area contributed by atoms with Crippen LogP contribution in [0.4, 0.5) is 0 Å². The zero-order valence-electron chi connectivity index (χ0n) is 11.8. The van der Waals surface area contributed by atoms with Crippen LogP contribution in [0.15, 0.2) is 18.3 Å². The maximum Gasteiger partial charge on any atom is 0.269 e. The van der Waals surface area contributed by atoms with E-state index in [4.69, 9.17) is 9.84 Å². The Kier molecular flexibility index (Phi) is 7.33. The highest BCUT2D eigenvalue weighted by Gasteiger charge is 2.05. The van der Waals surface area contributed by atoms with Crippen LogP contribution in [0.25, 0.3) is 0 Å². The summed E-state index contributed by atoms with van der Waals surface area (Å²) in [6.07, 6.45) is 1.51. The van der Waals surface area contributed by atoms with Gasteiger partial charge in [0.15, 0.2) is 0 Å². The number of hydrogen-bond donors (Lipinski definition) is 2. The van der Waals surface area contributed by atoms with Crippen molar-refractivity contribution in [2.45, 2.75) is 13.8 Å². The van der Waals surface area contributed by atoms with Crippen LogP contribution in [0, 0.1) is 17.8 Å². The average Bonchev–Trinajstić information content (AvgIpc) is 2.44. The molecule has 2 N–H and O–H groups in total. The molecule has 0 radical (unpaired) electrons. The third kappa shape index (κ3) is 6.32. The van der Waals surface area contributed by atoms with Crippen molar-refractivity contribution in [2.24, 2.45) is 5.92 Å². The monoisotopic (exact) mass is 276 g/mol. The predicted octanol–water partition coefficient (Wildman–Crippen LogP) is 0.828. The number of pyridine rings is 1. The molecule has 0 bridgehead atoms. The number of carbonyl (C=O) groups is 1. The van der Waals surface area contributed by atoms with Crippen molar-refractivity contribution in [2.75, 3.05) is 26.4 Å². The van der Waals surface area contributed by atoms with Crippen LogP contribution in [0.2, 0.25) is 0 Å². The zero-order chi connectivity index (χ0) is 14.8. The van der Waals surface area contributed by atoms with Crippen LogP contribution in [0.1, 0.15) is 29.9 Å². The van der Waals surface area contributed by atoms with Crippen molar-refractivity contribution in [1.29, 1.82) is 0 Å². The van der Waals surface area contributed by atoms with Gasteiger partial charge in [0.2, 0.25) is 0 Å². The highest BCUT2D eigenvalue weighted by atomic mass is 16.5. The van der Waals surface area contributed by atoms with Gasteiger partial charge in [0.25, 0.3) is 5.91 Å². The summed E-state index contributed by atoms with van der Waals surface area (Å²) in [5.41, 5.74) is 0.999. The van der Waals surface area contributed by atoms with Crippen LogP contribution in [-0.4, -0.2) is 42.4 Å². The summed E-state index contributed by atoms with van der Waals surface area (Å²) in [4.78, 5) is 15.8. The van der Waals surface area contributed by atoms with Gasteiger partial charge < -0.3 is 15.2 Å². The highest BCUT2D eigenvalue weighted by molar-refractivity contribution is 5.92. The van der Waals surface area contributed by atoms with Gasteiger partial charge in [-0.2, -0.15) is 0 Å². The Labute approximate surface area is 119 Å². The summed E-state index contributed by atoms with van der Waals surface area (Å²) >= 11 is 0. The fraction of sp³-hybridized carbons (Fsp3) is 0.467. The molecule has 5 heteroatoms. The van der Waals surface area contributed by atoms with E-state index in [2.05, 4.69) is 36.0 Å². The zero-order valence-corrected chi connectivity index (χ0v) is 11.8. The standard InChI is InChI=1S/C15H20N2O3/c1-12(2)11-20-9-7-16-15(19)14-6-5-13(10-17-14)4-3-8-18/h5-6,10,12,18H,7-9,11H2,1-2H3,(H,16,19). The fourth-order valence-corrected chi connectivity index (χ4v) is 1.39. The van der Waals surface area contributed by atoms with Crippen LogP contribution in [-0.2, 0) is 4.74 Å². The Bertz CT molecular complexity index is 472. The van der Waals surface area contributed by atoms with E-state index in [-0.39, 0.29) is 12.5 Å². The molecule has 0 aliphatic carbocycles. The van der Waals surface area contributed by atoms with Crippen molar-refractivity contribution in [3.8, 4) is 11.8 Å². The number of nitrogens with one attached hydrogen (secondary N) is 1. The number of aliphatic hydroxyl groups excluding tert-OH is 1. The first-order valence-electron chi connectivity index (χ1n) is 6.55. The molecule has 0 spiro atoms. The lowest BCUT2D eigenvalue weighted by Crippen LogP contribution is -2.28. The van der Waals surface area contributed by atoms with E-state index in [1.165, 1.54) is 6.20 Å². The molecule has 0 saturated heterocycles. The summed E-state index contributed by atoms with van der Waals surface area (Å²) in [6.45, 7) is 5.59. The second-order valence-corrected chi connectivity index (χ2v) is 4.62. The second-order valence-electron chi connectivity index (χ2n) is 4.62. The first-order valence-corrected chi connectivity index (χ1v) is 6.55. The Hall–Kier alpha value is -1.90. The van der Waals surface area contributed by atoms with Gasteiger partial charge in [-0.25, -0.2) is 4.98 Å². The molecular formula is C15H20N2O3. The van der Waals surface area contributed by atoms with Crippen molar-refractivity contribution in [3.05, 3.63) is 29.6 Å². The largest absolute Gasteiger partial charge is 0.384 e. The van der Waals surface area contributed by atoms with Crippen LogP contribution in [0.3, 0.4) is 0 Å². The minimum atomic E-state index is -0.236. The lowest BCUT2D eigenvalue weighted by molar-refractivity contribution is 0.0882. The summed E-state index contributed by atoms with van der Waals surface area (Å²) in [7, 11) is 0. The molecule has 0 aromatic carbocycles. The van der Waals surface area contributed by atoms with Crippen molar-refractivity contribution in [1.82, 2.24) is 10.3 Å². The van der Waals surface area contributed by atoms with Gasteiger partial charge in [0.05, 0.1) is 6.61 Å².